The first-order valence-electron chi connectivity index (χ1n) is 6.38. The molecule has 3 heteroatoms. The van der Waals surface area contributed by atoms with Crippen LogP contribution in [0.1, 0.15) is 38.5 Å². The number of nitrogens with zero attached hydrogens (tertiary/aromatic N) is 1. The lowest BCUT2D eigenvalue weighted by Gasteiger charge is -2.36. The highest BCUT2D eigenvalue weighted by atomic mass is 16.3. The fourth-order valence-electron chi connectivity index (χ4n) is 2.78. The normalized spacial score (nSPS) is 35.6. The van der Waals surface area contributed by atoms with E-state index >= 15 is 0 Å². The Hall–Kier alpha value is -0.120. The molecule has 1 aliphatic carbocycles. The molecular weight excluding hydrogens is 188 g/mol. The number of aliphatic hydroxyl groups excluding tert-OH is 1. The lowest BCUT2D eigenvalue weighted by atomic mass is 9.91. The van der Waals surface area contributed by atoms with Crippen molar-refractivity contribution in [2.75, 3.05) is 20.1 Å². The second kappa shape index (κ2) is 5.28. The number of rotatable bonds is 2. The number of piperidine rings is 1. The number of aliphatic hydroxyl groups is 1. The van der Waals surface area contributed by atoms with Gasteiger partial charge in [0, 0.05) is 12.1 Å². The van der Waals surface area contributed by atoms with E-state index in [1.807, 2.05) is 0 Å². The molecule has 1 saturated carbocycles. The Kier molecular flexibility index (Phi) is 4.00. The summed E-state index contributed by atoms with van der Waals surface area (Å²) in [6.07, 6.45) is 7.00. The average molecular weight is 212 g/mol. The van der Waals surface area contributed by atoms with Crippen LogP contribution >= 0.6 is 0 Å². The van der Waals surface area contributed by atoms with E-state index in [9.17, 15) is 5.11 Å². The number of hydrogen-bond donors (Lipinski definition) is 2. The van der Waals surface area contributed by atoms with Crippen LogP contribution in [0.15, 0.2) is 0 Å². The molecule has 88 valence electrons. The van der Waals surface area contributed by atoms with E-state index in [1.54, 1.807) is 0 Å². The van der Waals surface area contributed by atoms with Gasteiger partial charge in [-0.2, -0.15) is 0 Å². The van der Waals surface area contributed by atoms with E-state index in [0.717, 1.165) is 12.8 Å². The molecule has 3 nitrogen and oxygen atoms in total. The van der Waals surface area contributed by atoms with Crippen LogP contribution in [0.4, 0.5) is 0 Å². The zero-order valence-corrected chi connectivity index (χ0v) is 9.78. The van der Waals surface area contributed by atoms with Crippen LogP contribution in [-0.2, 0) is 0 Å². The van der Waals surface area contributed by atoms with Crippen molar-refractivity contribution in [1.29, 1.82) is 0 Å². The van der Waals surface area contributed by atoms with E-state index in [4.69, 9.17) is 0 Å². The molecule has 0 aromatic heterocycles. The van der Waals surface area contributed by atoms with Crippen LogP contribution in [0.3, 0.4) is 0 Å². The van der Waals surface area contributed by atoms with Crippen LogP contribution in [0.2, 0.25) is 0 Å². The summed E-state index contributed by atoms with van der Waals surface area (Å²) in [6.45, 7) is 2.39. The van der Waals surface area contributed by atoms with E-state index in [-0.39, 0.29) is 6.10 Å². The third-order valence-electron chi connectivity index (χ3n) is 3.90. The molecule has 0 bridgehead atoms. The maximum absolute atomic E-state index is 9.88. The fourth-order valence-corrected chi connectivity index (χ4v) is 2.78. The van der Waals surface area contributed by atoms with Crippen molar-refractivity contribution in [3.05, 3.63) is 0 Å². The second-order valence-electron chi connectivity index (χ2n) is 5.20. The van der Waals surface area contributed by atoms with Crippen molar-refractivity contribution in [2.45, 2.75) is 56.7 Å². The van der Waals surface area contributed by atoms with Gasteiger partial charge in [-0.15, -0.1) is 0 Å². The molecule has 2 atom stereocenters. The molecule has 0 amide bonds. The molecule has 2 fully saturated rings. The molecule has 1 aliphatic heterocycles. The van der Waals surface area contributed by atoms with Crippen LogP contribution in [-0.4, -0.2) is 48.3 Å². The van der Waals surface area contributed by atoms with Crippen molar-refractivity contribution in [1.82, 2.24) is 10.2 Å². The van der Waals surface area contributed by atoms with Gasteiger partial charge in [0.1, 0.15) is 0 Å². The van der Waals surface area contributed by atoms with E-state index in [1.165, 1.54) is 38.8 Å². The molecule has 0 aromatic rings. The second-order valence-corrected chi connectivity index (χ2v) is 5.20. The van der Waals surface area contributed by atoms with Gasteiger partial charge in [-0.25, -0.2) is 0 Å². The van der Waals surface area contributed by atoms with Crippen LogP contribution in [0.25, 0.3) is 0 Å². The summed E-state index contributed by atoms with van der Waals surface area (Å²) in [5, 5.41) is 13.5. The highest BCUT2D eigenvalue weighted by molar-refractivity contribution is 4.85. The van der Waals surface area contributed by atoms with E-state index in [0.29, 0.717) is 12.1 Å². The molecule has 2 rings (SSSR count). The largest absolute Gasteiger partial charge is 0.392 e. The summed E-state index contributed by atoms with van der Waals surface area (Å²) in [5.41, 5.74) is 0. The Morgan fingerprint density at radius 2 is 1.73 bits per heavy atom. The van der Waals surface area contributed by atoms with Crippen LogP contribution in [0, 0.1) is 0 Å². The quantitative estimate of drug-likeness (QED) is 0.716. The first-order chi connectivity index (χ1) is 7.25. The molecule has 0 aromatic carbocycles. The maximum atomic E-state index is 9.88. The third-order valence-corrected chi connectivity index (χ3v) is 3.90. The zero-order chi connectivity index (χ0) is 10.7. The van der Waals surface area contributed by atoms with Crippen molar-refractivity contribution in [3.63, 3.8) is 0 Å². The summed E-state index contributed by atoms with van der Waals surface area (Å²) < 4.78 is 0. The summed E-state index contributed by atoms with van der Waals surface area (Å²) in [7, 11) is 2.19. The molecule has 2 N–H and O–H groups in total. The zero-order valence-electron chi connectivity index (χ0n) is 9.78. The van der Waals surface area contributed by atoms with Gasteiger partial charge in [0.2, 0.25) is 0 Å². The maximum Gasteiger partial charge on any atom is 0.0693 e. The Labute approximate surface area is 92.8 Å². The Balaban J connectivity index is 1.75. The molecule has 2 aliphatic rings. The van der Waals surface area contributed by atoms with Gasteiger partial charge in [-0.1, -0.05) is 12.8 Å². The van der Waals surface area contributed by atoms with Gasteiger partial charge in [0.25, 0.3) is 0 Å². The summed E-state index contributed by atoms with van der Waals surface area (Å²) in [5.74, 6) is 0. The van der Waals surface area contributed by atoms with E-state index < -0.39 is 0 Å². The number of likely N-dealkylation sites (tertiary alicyclic amines) is 1. The molecule has 15 heavy (non-hydrogen) atoms. The van der Waals surface area contributed by atoms with Crippen LogP contribution < -0.4 is 5.32 Å². The lowest BCUT2D eigenvalue weighted by Crippen LogP contribution is -2.50. The van der Waals surface area contributed by atoms with E-state index in [2.05, 4.69) is 17.3 Å². The van der Waals surface area contributed by atoms with Crippen molar-refractivity contribution < 1.29 is 5.11 Å². The van der Waals surface area contributed by atoms with Gasteiger partial charge in [-0.05, 0) is 45.8 Å². The smallest absolute Gasteiger partial charge is 0.0693 e. The van der Waals surface area contributed by atoms with Gasteiger partial charge >= 0.3 is 0 Å². The topological polar surface area (TPSA) is 35.5 Å². The van der Waals surface area contributed by atoms with Crippen molar-refractivity contribution in [3.8, 4) is 0 Å². The van der Waals surface area contributed by atoms with Crippen molar-refractivity contribution >= 4 is 0 Å². The minimum absolute atomic E-state index is 0.0987. The monoisotopic (exact) mass is 212 g/mol. The first kappa shape index (κ1) is 11.4. The van der Waals surface area contributed by atoms with Gasteiger partial charge in [0.15, 0.2) is 0 Å². The Morgan fingerprint density at radius 3 is 2.40 bits per heavy atom. The molecule has 0 spiro atoms. The molecule has 0 radical (unpaired) electrons. The van der Waals surface area contributed by atoms with Gasteiger partial charge < -0.3 is 15.3 Å². The average Bonchev–Trinajstić information content (AvgIpc) is 2.25. The van der Waals surface area contributed by atoms with Crippen molar-refractivity contribution in [2.24, 2.45) is 0 Å². The van der Waals surface area contributed by atoms with Gasteiger partial charge in [0.05, 0.1) is 6.10 Å². The Morgan fingerprint density at radius 1 is 1.07 bits per heavy atom. The summed E-state index contributed by atoms with van der Waals surface area (Å²) >= 11 is 0. The predicted molar refractivity (Wildman–Crippen MR) is 61.9 cm³/mol. The van der Waals surface area contributed by atoms with Crippen LogP contribution in [0.5, 0.6) is 0 Å². The molecule has 0 unspecified atom stereocenters. The summed E-state index contributed by atoms with van der Waals surface area (Å²) in [4.78, 5) is 2.38. The Bertz CT molecular complexity index is 190. The lowest BCUT2D eigenvalue weighted by molar-refractivity contribution is 0.0781. The summed E-state index contributed by atoms with van der Waals surface area (Å²) in [6, 6.07) is 1.01. The molecule has 1 saturated heterocycles. The standard InChI is InChI=1S/C12H24N2O/c1-14-8-6-10(7-9-14)13-11-4-2-3-5-12(11)15/h10-13,15H,2-9H2,1H3/t11-,12+/m1/s1. The first-order valence-corrected chi connectivity index (χ1v) is 6.38. The number of nitrogens with one attached hydrogen (secondary N) is 1. The third kappa shape index (κ3) is 3.16. The SMILES string of the molecule is CN1CCC(N[C@@H]2CCCC[C@@H]2O)CC1. The predicted octanol–water partition coefficient (Wildman–Crippen LogP) is 0.974. The highest BCUT2D eigenvalue weighted by Crippen LogP contribution is 2.20. The minimum atomic E-state index is -0.0987. The number of hydrogen-bond acceptors (Lipinski definition) is 3. The van der Waals surface area contributed by atoms with Gasteiger partial charge in [-0.3, -0.25) is 0 Å². The highest BCUT2D eigenvalue weighted by Gasteiger charge is 2.26. The molecular formula is C12H24N2O. The minimum Gasteiger partial charge on any atom is -0.392 e. The molecule has 1 heterocycles. The fraction of sp³-hybridized carbons (Fsp3) is 1.00.